The Kier molecular flexibility index (Phi) is 19.4. The van der Waals surface area contributed by atoms with Gasteiger partial charge in [-0.3, -0.25) is 0 Å². The van der Waals surface area contributed by atoms with Crippen LogP contribution in [0.1, 0.15) is 5.56 Å². The number of ether oxygens (including phenoxy) is 6. The Hall–Kier alpha value is -1.15. The van der Waals surface area contributed by atoms with Crippen LogP contribution in [0.5, 0.6) is 0 Å². The average Bonchev–Trinajstić information content (AvgIpc) is 2.79. The van der Waals surface area contributed by atoms with Crippen LogP contribution in [0.25, 0.3) is 0 Å². The van der Waals surface area contributed by atoms with Gasteiger partial charge in [0.2, 0.25) is 0 Å². The van der Waals surface area contributed by atoms with Gasteiger partial charge >= 0.3 is 0 Å². The first-order chi connectivity index (χ1) is 16.2. The van der Waals surface area contributed by atoms with Gasteiger partial charge < -0.3 is 37.5 Å². The number of benzene rings is 1. The van der Waals surface area contributed by atoms with Crippen LogP contribution < -0.4 is 0 Å². The normalized spacial score (nSPS) is 11.8. The molecule has 34 heavy (non-hydrogen) atoms. The molecule has 1 rings (SSSR count). The van der Waals surface area contributed by atoms with Gasteiger partial charge in [0.05, 0.1) is 71.4 Å². The number of rotatable bonds is 19. The minimum absolute atomic E-state index is 0.178. The van der Waals surface area contributed by atoms with E-state index < -0.39 is 10.1 Å². The molecule has 0 saturated carbocycles. The highest BCUT2D eigenvalue weighted by Crippen LogP contribution is 2.08. The van der Waals surface area contributed by atoms with Crippen molar-refractivity contribution >= 4 is 10.1 Å². The maximum atomic E-state index is 10.4. The molecular formula is C23H43NO9S. The van der Waals surface area contributed by atoms with Crippen molar-refractivity contribution < 1.29 is 45.9 Å². The standard InChI is InChI=1S/C16H36NO6.C7H8O3S/c1-17(5-8-21-14-11-18-2,6-9-22-15-12-19-3)7-10-23-16-13-20-4;1-6-2-4-7(5-3-6)11(8,9)10/h5-16H2,1-4H3;2-5H,1H3,(H,8,9,10)/q+1;/p-1. The molecule has 0 aliphatic heterocycles. The zero-order valence-corrected chi connectivity index (χ0v) is 22.1. The molecule has 0 bridgehead atoms. The lowest BCUT2D eigenvalue weighted by molar-refractivity contribution is -0.910. The minimum Gasteiger partial charge on any atom is -0.744 e. The molecular weight excluding hydrogens is 466 g/mol. The monoisotopic (exact) mass is 509 g/mol. The summed E-state index contributed by atoms with van der Waals surface area (Å²) in [7, 11) is 2.97. The fraction of sp³-hybridized carbons (Fsp3) is 0.739. The van der Waals surface area contributed by atoms with Crippen LogP contribution in [0.3, 0.4) is 0 Å². The van der Waals surface area contributed by atoms with Gasteiger partial charge in [-0.05, 0) is 19.1 Å². The second-order valence-electron chi connectivity index (χ2n) is 7.87. The van der Waals surface area contributed by atoms with Crippen molar-refractivity contribution in [2.45, 2.75) is 11.8 Å². The van der Waals surface area contributed by atoms with E-state index in [1.54, 1.807) is 33.5 Å². The van der Waals surface area contributed by atoms with Gasteiger partial charge in [-0.25, -0.2) is 8.42 Å². The van der Waals surface area contributed by atoms with E-state index in [0.29, 0.717) is 59.5 Å². The van der Waals surface area contributed by atoms with E-state index in [4.69, 9.17) is 28.4 Å². The highest BCUT2D eigenvalue weighted by Gasteiger charge is 2.21. The Bertz CT molecular complexity index is 663. The molecule has 200 valence electrons. The van der Waals surface area contributed by atoms with Crippen LogP contribution in [0.15, 0.2) is 29.2 Å². The molecule has 0 atom stereocenters. The number of likely N-dealkylation sites (N-methyl/N-ethyl adjacent to an activating group) is 1. The van der Waals surface area contributed by atoms with E-state index in [0.717, 1.165) is 29.7 Å². The van der Waals surface area contributed by atoms with Crippen LogP contribution in [0, 0.1) is 6.92 Å². The highest BCUT2D eigenvalue weighted by molar-refractivity contribution is 7.85. The summed E-state index contributed by atoms with van der Waals surface area (Å²) >= 11 is 0. The van der Waals surface area contributed by atoms with Gasteiger partial charge in [0.25, 0.3) is 0 Å². The zero-order chi connectivity index (χ0) is 25.7. The van der Waals surface area contributed by atoms with Gasteiger partial charge in [-0.15, -0.1) is 0 Å². The highest BCUT2D eigenvalue weighted by atomic mass is 32.2. The predicted molar refractivity (Wildman–Crippen MR) is 128 cm³/mol. The SMILES string of the molecule is COCCOCC[N+](C)(CCOCCOC)CCOCCOC.Cc1ccc(S(=O)(=O)[O-])cc1. The van der Waals surface area contributed by atoms with Crippen molar-refractivity contribution in [2.75, 3.05) is 107 Å². The summed E-state index contributed by atoms with van der Waals surface area (Å²) in [6.45, 7) is 10.5. The Morgan fingerprint density at radius 2 is 1.03 bits per heavy atom. The molecule has 0 N–H and O–H groups in total. The number of quaternary nitrogens is 1. The number of methoxy groups -OCH3 is 3. The summed E-state index contributed by atoms with van der Waals surface area (Å²) in [5, 5.41) is 0. The summed E-state index contributed by atoms with van der Waals surface area (Å²) in [6, 6.07) is 5.78. The molecule has 0 spiro atoms. The van der Waals surface area contributed by atoms with E-state index in [-0.39, 0.29) is 4.90 Å². The first kappa shape index (κ1) is 32.8. The Labute approximate surface area is 205 Å². The smallest absolute Gasteiger partial charge is 0.124 e. The van der Waals surface area contributed by atoms with E-state index in [1.807, 2.05) is 6.92 Å². The first-order valence-corrected chi connectivity index (χ1v) is 12.7. The molecule has 0 aromatic heterocycles. The van der Waals surface area contributed by atoms with Crippen LogP contribution in [-0.4, -0.2) is 125 Å². The molecule has 0 aliphatic rings. The Morgan fingerprint density at radius 1 is 0.676 bits per heavy atom. The maximum Gasteiger partial charge on any atom is 0.124 e. The third-order valence-electron chi connectivity index (χ3n) is 4.93. The van der Waals surface area contributed by atoms with Crippen molar-refractivity contribution in [3.05, 3.63) is 29.8 Å². The van der Waals surface area contributed by atoms with Crippen molar-refractivity contribution in [1.29, 1.82) is 0 Å². The topological polar surface area (TPSA) is 113 Å². The molecule has 10 nitrogen and oxygen atoms in total. The number of hydrogen-bond donors (Lipinski definition) is 0. The van der Waals surface area contributed by atoms with Crippen LogP contribution in [0.2, 0.25) is 0 Å². The van der Waals surface area contributed by atoms with Gasteiger partial charge in [0.1, 0.15) is 29.8 Å². The van der Waals surface area contributed by atoms with Crippen molar-refractivity contribution in [3.8, 4) is 0 Å². The van der Waals surface area contributed by atoms with Crippen molar-refractivity contribution in [3.63, 3.8) is 0 Å². The van der Waals surface area contributed by atoms with E-state index in [1.165, 1.54) is 12.1 Å². The summed E-state index contributed by atoms with van der Waals surface area (Å²) in [5.41, 5.74) is 0.928. The summed E-state index contributed by atoms with van der Waals surface area (Å²) in [6.07, 6.45) is 0. The number of nitrogens with zero attached hydrogens (tertiary/aromatic N) is 1. The fourth-order valence-corrected chi connectivity index (χ4v) is 3.10. The lowest BCUT2D eigenvalue weighted by Crippen LogP contribution is -2.50. The van der Waals surface area contributed by atoms with Crippen LogP contribution in [-0.2, 0) is 38.5 Å². The molecule has 0 saturated heterocycles. The molecule has 11 heteroatoms. The van der Waals surface area contributed by atoms with Gasteiger partial charge in [-0.2, -0.15) is 0 Å². The average molecular weight is 510 g/mol. The van der Waals surface area contributed by atoms with E-state index in [9.17, 15) is 13.0 Å². The largest absolute Gasteiger partial charge is 0.744 e. The molecule has 0 amide bonds. The molecule has 1 aromatic rings. The molecule has 0 heterocycles. The lowest BCUT2D eigenvalue weighted by Gasteiger charge is -2.34. The summed E-state index contributed by atoms with van der Waals surface area (Å²) in [4.78, 5) is -0.178. The van der Waals surface area contributed by atoms with Gasteiger partial charge in [-0.1, -0.05) is 17.7 Å². The Balaban J connectivity index is 0.000000818. The lowest BCUT2D eigenvalue weighted by atomic mass is 10.2. The fourth-order valence-electron chi connectivity index (χ4n) is 2.63. The van der Waals surface area contributed by atoms with Gasteiger partial charge in [0, 0.05) is 21.3 Å². The van der Waals surface area contributed by atoms with Gasteiger partial charge in [0.15, 0.2) is 0 Å². The number of hydrogen-bond acceptors (Lipinski definition) is 9. The first-order valence-electron chi connectivity index (χ1n) is 11.2. The van der Waals surface area contributed by atoms with Crippen molar-refractivity contribution in [2.24, 2.45) is 0 Å². The summed E-state index contributed by atoms with van der Waals surface area (Å²) in [5.74, 6) is 0. The zero-order valence-electron chi connectivity index (χ0n) is 21.3. The molecule has 1 aromatic carbocycles. The second kappa shape index (κ2) is 20.1. The summed E-state index contributed by atoms with van der Waals surface area (Å²) < 4.78 is 63.8. The quantitative estimate of drug-likeness (QED) is 0.155. The van der Waals surface area contributed by atoms with Crippen LogP contribution in [0.4, 0.5) is 0 Å². The minimum atomic E-state index is -4.27. The van der Waals surface area contributed by atoms with Crippen LogP contribution >= 0.6 is 0 Å². The third-order valence-corrected chi connectivity index (χ3v) is 5.78. The number of aryl methyl sites for hydroxylation is 1. The molecule has 0 aliphatic carbocycles. The second-order valence-corrected chi connectivity index (χ2v) is 9.25. The maximum absolute atomic E-state index is 10.4. The molecule has 0 radical (unpaired) electrons. The molecule has 0 unspecified atom stereocenters. The predicted octanol–water partition coefficient (Wildman–Crippen LogP) is 1.32. The van der Waals surface area contributed by atoms with E-state index >= 15 is 0 Å². The van der Waals surface area contributed by atoms with Crippen molar-refractivity contribution in [1.82, 2.24) is 0 Å². The van der Waals surface area contributed by atoms with E-state index in [2.05, 4.69) is 7.05 Å². The molecule has 0 fully saturated rings. The third kappa shape index (κ3) is 18.2. The Morgan fingerprint density at radius 3 is 1.32 bits per heavy atom.